The monoisotopic (exact) mass is 273 g/mol. The zero-order valence-electron chi connectivity index (χ0n) is 11.5. The van der Waals surface area contributed by atoms with Gasteiger partial charge < -0.3 is 20.3 Å². The van der Waals surface area contributed by atoms with Crippen LogP contribution in [-0.2, 0) is 13.2 Å². The van der Waals surface area contributed by atoms with Crippen molar-refractivity contribution >= 4 is 0 Å². The number of aromatic hydroxyl groups is 1. The van der Waals surface area contributed by atoms with Crippen LogP contribution in [0.2, 0.25) is 0 Å². The standard InChI is InChI=1S/C16H19NO3/c1-2-19-16-9-13(10-17)5-8-15(16)20-11-12-3-6-14(18)7-4-12/h3-9,18H,2,10-11,17H2,1H3. The topological polar surface area (TPSA) is 64.7 Å². The molecule has 20 heavy (non-hydrogen) atoms. The lowest BCUT2D eigenvalue weighted by molar-refractivity contribution is 0.269. The maximum Gasteiger partial charge on any atom is 0.161 e. The van der Waals surface area contributed by atoms with Crippen molar-refractivity contribution in [3.63, 3.8) is 0 Å². The molecule has 2 aromatic carbocycles. The van der Waals surface area contributed by atoms with Crippen molar-refractivity contribution in [3.05, 3.63) is 53.6 Å². The summed E-state index contributed by atoms with van der Waals surface area (Å²) in [5, 5.41) is 9.24. The highest BCUT2D eigenvalue weighted by molar-refractivity contribution is 5.43. The number of phenolic OH excluding ortho intramolecular Hbond substituents is 1. The smallest absolute Gasteiger partial charge is 0.161 e. The second-order valence-corrected chi connectivity index (χ2v) is 4.37. The third-order valence-electron chi connectivity index (χ3n) is 2.87. The van der Waals surface area contributed by atoms with E-state index in [-0.39, 0.29) is 5.75 Å². The van der Waals surface area contributed by atoms with Crippen LogP contribution >= 0.6 is 0 Å². The molecule has 2 aromatic rings. The van der Waals surface area contributed by atoms with Gasteiger partial charge in [-0.05, 0) is 42.3 Å². The summed E-state index contributed by atoms with van der Waals surface area (Å²) in [7, 11) is 0. The van der Waals surface area contributed by atoms with Gasteiger partial charge in [0.15, 0.2) is 11.5 Å². The Morgan fingerprint density at radius 3 is 2.30 bits per heavy atom. The minimum Gasteiger partial charge on any atom is -0.508 e. The van der Waals surface area contributed by atoms with Crippen molar-refractivity contribution in [3.8, 4) is 17.2 Å². The summed E-state index contributed by atoms with van der Waals surface area (Å²) in [6, 6.07) is 12.6. The second kappa shape index (κ2) is 6.82. The van der Waals surface area contributed by atoms with E-state index in [1.165, 1.54) is 0 Å². The van der Waals surface area contributed by atoms with E-state index in [2.05, 4.69) is 0 Å². The van der Waals surface area contributed by atoms with Gasteiger partial charge in [0.1, 0.15) is 12.4 Å². The number of hydrogen-bond donors (Lipinski definition) is 2. The normalized spacial score (nSPS) is 10.3. The third-order valence-corrected chi connectivity index (χ3v) is 2.87. The molecule has 0 bridgehead atoms. The number of nitrogens with two attached hydrogens (primary N) is 1. The molecule has 0 aliphatic rings. The van der Waals surface area contributed by atoms with E-state index in [4.69, 9.17) is 15.2 Å². The molecule has 0 heterocycles. The maximum atomic E-state index is 9.24. The van der Waals surface area contributed by atoms with Crippen LogP contribution in [0.25, 0.3) is 0 Å². The molecule has 0 radical (unpaired) electrons. The maximum absolute atomic E-state index is 9.24. The van der Waals surface area contributed by atoms with Crippen LogP contribution in [0.3, 0.4) is 0 Å². The largest absolute Gasteiger partial charge is 0.508 e. The van der Waals surface area contributed by atoms with Crippen molar-refractivity contribution in [2.75, 3.05) is 6.61 Å². The second-order valence-electron chi connectivity index (χ2n) is 4.37. The lowest BCUT2D eigenvalue weighted by Gasteiger charge is -2.13. The van der Waals surface area contributed by atoms with Crippen molar-refractivity contribution in [2.45, 2.75) is 20.1 Å². The highest BCUT2D eigenvalue weighted by Crippen LogP contribution is 2.29. The van der Waals surface area contributed by atoms with Crippen LogP contribution < -0.4 is 15.2 Å². The summed E-state index contributed by atoms with van der Waals surface area (Å²) in [6.07, 6.45) is 0. The highest BCUT2D eigenvalue weighted by atomic mass is 16.5. The fourth-order valence-corrected chi connectivity index (χ4v) is 1.82. The Morgan fingerprint density at radius 1 is 0.950 bits per heavy atom. The highest BCUT2D eigenvalue weighted by Gasteiger charge is 2.06. The van der Waals surface area contributed by atoms with Crippen molar-refractivity contribution in [1.29, 1.82) is 0 Å². The third kappa shape index (κ3) is 3.65. The van der Waals surface area contributed by atoms with E-state index < -0.39 is 0 Å². The molecule has 0 aliphatic carbocycles. The summed E-state index contributed by atoms with van der Waals surface area (Å²) < 4.78 is 11.3. The Hall–Kier alpha value is -2.20. The molecule has 0 saturated carbocycles. The van der Waals surface area contributed by atoms with E-state index >= 15 is 0 Å². The summed E-state index contributed by atoms with van der Waals surface area (Å²) in [4.78, 5) is 0. The first-order chi connectivity index (χ1) is 9.72. The van der Waals surface area contributed by atoms with Crippen LogP contribution in [-0.4, -0.2) is 11.7 Å². The van der Waals surface area contributed by atoms with E-state index in [0.717, 1.165) is 11.1 Å². The molecular formula is C16H19NO3. The van der Waals surface area contributed by atoms with Crippen molar-refractivity contribution in [1.82, 2.24) is 0 Å². The molecule has 3 N–H and O–H groups in total. The number of phenols is 1. The van der Waals surface area contributed by atoms with Gasteiger partial charge in [0.25, 0.3) is 0 Å². The van der Waals surface area contributed by atoms with Crippen molar-refractivity contribution < 1.29 is 14.6 Å². The predicted octanol–water partition coefficient (Wildman–Crippen LogP) is 2.83. The molecular weight excluding hydrogens is 254 g/mol. The Bertz CT molecular complexity index is 552. The molecule has 0 aliphatic heterocycles. The molecule has 106 valence electrons. The van der Waals surface area contributed by atoms with Crippen molar-refractivity contribution in [2.24, 2.45) is 5.73 Å². The number of benzene rings is 2. The van der Waals surface area contributed by atoms with E-state index in [9.17, 15) is 5.11 Å². The summed E-state index contributed by atoms with van der Waals surface area (Å²) in [6.45, 7) is 3.39. The van der Waals surface area contributed by atoms with Crippen LogP contribution in [0.1, 0.15) is 18.1 Å². The van der Waals surface area contributed by atoms with Gasteiger partial charge in [0.05, 0.1) is 6.61 Å². The van der Waals surface area contributed by atoms with E-state index in [0.29, 0.717) is 31.3 Å². The van der Waals surface area contributed by atoms with Gasteiger partial charge >= 0.3 is 0 Å². The molecule has 0 spiro atoms. The lowest BCUT2D eigenvalue weighted by Crippen LogP contribution is -2.02. The van der Waals surface area contributed by atoms with E-state index in [1.807, 2.05) is 37.3 Å². The molecule has 0 atom stereocenters. The van der Waals surface area contributed by atoms with Gasteiger partial charge in [0.2, 0.25) is 0 Å². The summed E-state index contributed by atoms with van der Waals surface area (Å²) >= 11 is 0. The zero-order chi connectivity index (χ0) is 14.4. The fraction of sp³-hybridized carbons (Fsp3) is 0.250. The molecule has 0 saturated heterocycles. The predicted molar refractivity (Wildman–Crippen MR) is 77.9 cm³/mol. The SMILES string of the molecule is CCOc1cc(CN)ccc1OCc1ccc(O)cc1. The van der Waals surface area contributed by atoms with Crippen LogP contribution in [0.4, 0.5) is 0 Å². The average Bonchev–Trinajstić information content (AvgIpc) is 2.48. The molecule has 4 heteroatoms. The molecule has 0 fully saturated rings. The minimum atomic E-state index is 0.246. The number of rotatable bonds is 6. The Balaban J connectivity index is 2.09. The first-order valence-electron chi connectivity index (χ1n) is 6.59. The van der Waals surface area contributed by atoms with Gasteiger partial charge in [-0.3, -0.25) is 0 Å². The van der Waals surface area contributed by atoms with Gasteiger partial charge in [-0.2, -0.15) is 0 Å². The van der Waals surface area contributed by atoms with E-state index in [1.54, 1.807) is 12.1 Å². The Morgan fingerprint density at radius 2 is 1.65 bits per heavy atom. The summed E-state index contributed by atoms with van der Waals surface area (Å²) in [5.41, 5.74) is 7.61. The summed E-state index contributed by atoms with van der Waals surface area (Å²) in [5.74, 6) is 1.64. The van der Waals surface area contributed by atoms with Gasteiger partial charge in [-0.15, -0.1) is 0 Å². The fourth-order valence-electron chi connectivity index (χ4n) is 1.82. The van der Waals surface area contributed by atoms with Gasteiger partial charge in [-0.1, -0.05) is 18.2 Å². The molecule has 2 rings (SSSR count). The lowest BCUT2D eigenvalue weighted by atomic mass is 10.2. The molecule has 0 aromatic heterocycles. The Labute approximate surface area is 118 Å². The molecule has 4 nitrogen and oxygen atoms in total. The number of hydrogen-bond acceptors (Lipinski definition) is 4. The van der Waals surface area contributed by atoms with Gasteiger partial charge in [-0.25, -0.2) is 0 Å². The van der Waals surface area contributed by atoms with Crippen LogP contribution in [0.5, 0.6) is 17.2 Å². The zero-order valence-corrected chi connectivity index (χ0v) is 11.5. The van der Waals surface area contributed by atoms with Crippen LogP contribution in [0.15, 0.2) is 42.5 Å². The quantitative estimate of drug-likeness (QED) is 0.849. The molecule has 0 unspecified atom stereocenters. The average molecular weight is 273 g/mol. The Kier molecular flexibility index (Phi) is 4.85. The first-order valence-corrected chi connectivity index (χ1v) is 6.59. The van der Waals surface area contributed by atoms with Gasteiger partial charge in [0, 0.05) is 6.54 Å². The minimum absolute atomic E-state index is 0.246. The molecule has 0 amide bonds. The number of ether oxygens (including phenoxy) is 2. The first kappa shape index (κ1) is 14.2. The van der Waals surface area contributed by atoms with Crippen LogP contribution in [0, 0.1) is 0 Å².